The molecule has 0 aliphatic carbocycles. The van der Waals surface area contributed by atoms with Crippen LogP contribution in [0, 0.1) is 0 Å². The van der Waals surface area contributed by atoms with Crippen molar-refractivity contribution in [3.8, 4) is 0 Å². The van der Waals surface area contributed by atoms with E-state index < -0.39 is 5.54 Å². The van der Waals surface area contributed by atoms with Gasteiger partial charge >= 0.3 is 0 Å². The Bertz CT molecular complexity index is 380. The molecule has 4 nitrogen and oxygen atoms in total. The number of nitrogens with one attached hydrogen (secondary N) is 1. The van der Waals surface area contributed by atoms with Gasteiger partial charge in [-0.15, -0.1) is 24.8 Å². The van der Waals surface area contributed by atoms with Crippen LogP contribution in [0.5, 0.6) is 0 Å². The minimum Gasteiger partial charge on any atom is -0.348 e. The number of carbonyl (C=O) groups excluding carboxylic acids is 1. The summed E-state index contributed by atoms with van der Waals surface area (Å²) in [6.07, 6.45) is 6.59. The smallest absolute Gasteiger partial charge is 0.239 e. The molecule has 0 bridgehead atoms. The SMILES string of the molecule is CCCCC(NC(=O)C(C)(C)N)c1cccnc1.Cl.Cl. The van der Waals surface area contributed by atoms with Gasteiger partial charge in [0.15, 0.2) is 0 Å². The van der Waals surface area contributed by atoms with Crippen molar-refractivity contribution in [2.24, 2.45) is 5.73 Å². The zero-order valence-corrected chi connectivity index (χ0v) is 13.9. The number of hydrogen-bond donors (Lipinski definition) is 2. The zero-order chi connectivity index (χ0) is 13.6. The number of unbranched alkanes of at least 4 members (excludes halogenated alkanes) is 1. The van der Waals surface area contributed by atoms with Crippen molar-refractivity contribution in [2.75, 3.05) is 0 Å². The highest BCUT2D eigenvalue weighted by Gasteiger charge is 2.25. The van der Waals surface area contributed by atoms with Crippen LogP contribution >= 0.6 is 24.8 Å². The molecule has 0 aliphatic heterocycles. The first-order chi connectivity index (χ1) is 8.45. The van der Waals surface area contributed by atoms with Crippen LogP contribution in [0.2, 0.25) is 0 Å². The summed E-state index contributed by atoms with van der Waals surface area (Å²) >= 11 is 0. The maximum atomic E-state index is 12.0. The van der Waals surface area contributed by atoms with Crippen molar-refractivity contribution in [3.63, 3.8) is 0 Å². The lowest BCUT2D eigenvalue weighted by molar-refractivity contribution is -0.126. The fraction of sp³-hybridized carbons (Fsp3) is 0.571. The zero-order valence-electron chi connectivity index (χ0n) is 12.3. The van der Waals surface area contributed by atoms with Crippen LogP contribution in [0.1, 0.15) is 51.6 Å². The van der Waals surface area contributed by atoms with E-state index >= 15 is 0 Å². The molecule has 0 radical (unpaired) electrons. The Labute approximate surface area is 133 Å². The summed E-state index contributed by atoms with van der Waals surface area (Å²) in [6, 6.07) is 3.86. The number of nitrogens with two attached hydrogens (primary N) is 1. The van der Waals surface area contributed by atoms with Gasteiger partial charge in [-0.2, -0.15) is 0 Å². The number of halogens is 2. The fourth-order valence-electron chi connectivity index (χ4n) is 1.66. The standard InChI is InChI=1S/C14H23N3O.2ClH/c1-4-5-8-12(11-7-6-9-16-10-11)17-13(18)14(2,3)15;;/h6-7,9-10,12H,4-5,8,15H2,1-3H3,(H,17,18);2*1H. The normalized spacial score (nSPS) is 11.8. The highest BCUT2D eigenvalue weighted by molar-refractivity contribution is 5.86. The van der Waals surface area contributed by atoms with E-state index in [2.05, 4.69) is 17.2 Å². The van der Waals surface area contributed by atoms with Crippen molar-refractivity contribution in [1.82, 2.24) is 10.3 Å². The van der Waals surface area contributed by atoms with Crippen LogP contribution in [0.15, 0.2) is 24.5 Å². The molecule has 1 unspecified atom stereocenters. The Hall–Kier alpha value is -0.840. The molecule has 0 saturated carbocycles. The molecular weight excluding hydrogens is 297 g/mol. The monoisotopic (exact) mass is 321 g/mol. The highest BCUT2D eigenvalue weighted by Crippen LogP contribution is 2.19. The van der Waals surface area contributed by atoms with Gasteiger partial charge in [-0.3, -0.25) is 9.78 Å². The molecule has 3 N–H and O–H groups in total. The lowest BCUT2D eigenvalue weighted by atomic mass is 10.00. The Morgan fingerprint density at radius 3 is 2.55 bits per heavy atom. The molecule has 1 heterocycles. The number of pyridine rings is 1. The summed E-state index contributed by atoms with van der Waals surface area (Å²) in [6.45, 7) is 5.56. The predicted molar refractivity (Wildman–Crippen MR) is 87.4 cm³/mol. The van der Waals surface area contributed by atoms with E-state index in [1.807, 2.05) is 12.1 Å². The van der Waals surface area contributed by atoms with E-state index in [1.54, 1.807) is 26.2 Å². The molecule has 1 aromatic heterocycles. The third-order valence-electron chi connectivity index (χ3n) is 2.82. The van der Waals surface area contributed by atoms with E-state index in [1.165, 1.54) is 0 Å². The Kier molecular flexibility index (Phi) is 10.7. The maximum absolute atomic E-state index is 12.0. The predicted octanol–water partition coefficient (Wildman–Crippen LogP) is 3.01. The molecule has 116 valence electrons. The molecule has 0 fully saturated rings. The van der Waals surface area contributed by atoms with Gasteiger partial charge in [-0.25, -0.2) is 0 Å². The molecule has 1 atom stereocenters. The van der Waals surface area contributed by atoms with E-state index in [-0.39, 0.29) is 36.8 Å². The lowest BCUT2D eigenvalue weighted by Gasteiger charge is -2.24. The highest BCUT2D eigenvalue weighted by atomic mass is 35.5. The van der Waals surface area contributed by atoms with Gasteiger partial charge in [0.1, 0.15) is 0 Å². The molecule has 20 heavy (non-hydrogen) atoms. The second kappa shape index (κ2) is 9.97. The van der Waals surface area contributed by atoms with Crippen LogP contribution in [-0.4, -0.2) is 16.4 Å². The third-order valence-corrected chi connectivity index (χ3v) is 2.82. The number of nitrogens with zero attached hydrogens (tertiary/aromatic N) is 1. The van der Waals surface area contributed by atoms with Crippen molar-refractivity contribution < 1.29 is 4.79 Å². The number of carbonyl (C=O) groups is 1. The first kappa shape index (κ1) is 21.5. The van der Waals surface area contributed by atoms with Crippen LogP contribution < -0.4 is 11.1 Å². The van der Waals surface area contributed by atoms with Crippen LogP contribution in [0.4, 0.5) is 0 Å². The number of aromatic nitrogens is 1. The average molecular weight is 322 g/mol. The Morgan fingerprint density at radius 1 is 1.45 bits per heavy atom. The van der Waals surface area contributed by atoms with Gasteiger partial charge in [-0.1, -0.05) is 25.8 Å². The summed E-state index contributed by atoms with van der Waals surface area (Å²) in [5.74, 6) is -0.132. The van der Waals surface area contributed by atoms with E-state index in [0.29, 0.717) is 0 Å². The summed E-state index contributed by atoms with van der Waals surface area (Å²) in [5.41, 5.74) is 5.98. The lowest BCUT2D eigenvalue weighted by Crippen LogP contribution is -2.50. The van der Waals surface area contributed by atoms with Crippen LogP contribution in [0.25, 0.3) is 0 Å². The number of amides is 1. The van der Waals surface area contributed by atoms with Gasteiger partial charge in [0.05, 0.1) is 11.6 Å². The summed E-state index contributed by atoms with van der Waals surface area (Å²) < 4.78 is 0. The average Bonchev–Trinajstić information content (AvgIpc) is 2.34. The third kappa shape index (κ3) is 7.08. The largest absolute Gasteiger partial charge is 0.348 e. The van der Waals surface area contributed by atoms with Gasteiger partial charge in [-0.05, 0) is 31.9 Å². The first-order valence-corrected chi connectivity index (χ1v) is 6.45. The van der Waals surface area contributed by atoms with Crippen LogP contribution in [-0.2, 0) is 4.79 Å². The summed E-state index contributed by atoms with van der Waals surface area (Å²) in [5, 5.41) is 3.00. The second-order valence-corrected chi connectivity index (χ2v) is 5.18. The van der Waals surface area contributed by atoms with Crippen molar-refractivity contribution in [3.05, 3.63) is 30.1 Å². The molecular formula is C14H25Cl2N3O. The Morgan fingerprint density at radius 2 is 2.10 bits per heavy atom. The van der Waals surface area contributed by atoms with E-state index in [9.17, 15) is 4.79 Å². The summed E-state index contributed by atoms with van der Waals surface area (Å²) in [7, 11) is 0. The number of rotatable bonds is 6. The number of hydrogen-bond acceptors (Lipinski definition) is 3. The molecule has 0 aliphatic rings. The van der Waals surface area contributed by atoms with Crippen molar-refractivity contribution in [1.29, 1.82) is 0 Å². The van der Waals surface area contributed by atoms with Gasteiger partial charge in [0, 0.05) is 12.4 Å². The molecule has 0 aromatic carbocycles. The second-order valence-electron chi connectivity index (χ2n) is 5.18. The van der Waals surface area contributed by atoms with Gasteiger partial charge in [0.2, 0.25) is 5.91 Å². The Balaban J connectivity index is 0. The van der Waals surface area contributed by atoms with Crippen molar-refractivity contribution >= 4 is 30.7 Å². The van der Waals surface area contributed by atoms with Crippen molar-refractivity contribution in [2.45, 2.75) is 51.6 Å². The molecule has 0 spiro atoms. The van der Waals surface area contributed by atoms with Gasteiger partial charge in [0.25, 0.3) is 0 Å². The summed E-state index contributed by atoms with van der Waals surface area (Å²) in [4.78, 5) is 16.1. The minimum absolute atomic E-state index is 0. The van der Waals surface area contributed by atoms with E-state index in [4.69, 9.17) is 5.73 Å². The fourth-order valence-corrected chi connectivity index (χ4v) is 1.66. The molecule has 0 saturated heterocycles. The molecule has 1 rings (SSSR count). The maximum Gasteiger partial charge on any atom is 0.239 e. The van der Waals surface area contributed by atoms with E-state index in [0.717, 1.165) is 24.8 Å². The van der Waals surface area contributed by atoms with Gasteiger partial charge < -0.3 is 11.1 Å². The minimum atomic E-state index is -0.854. The quantitative estimate of drug-likeness (QED) is 0.846. The molecule has 6 heteroatoms. The van der Waals surface area contributed by atoms with Crippen LogP contribution in [0.3, 0.4) is 0 Å². The molecule has 1 aromatic rings. The molecule has 1 amide bonds. The topological polar surface area (TPSA) is 68.0 Å². The first-order valence-electron chi connectivity index (χ1n) is 6.45.